The van der Waals surface area contributed by atoms with Gasteiger partial charge in [0, 0.05) is 12.8 Å². The van der Waals surface area contributed by atoms with E-state index in [4.69, 9.17) is 20.6 Å². The molecule has 3 N–H and O–H groups in total. The van der Waals surface area contributed by atoms with Gasteiger partial charge in [-0.3, -0.25) is 5.41 Å². The fraction of sp³-hybridized carbons (Fsp3) is 0.235. The molecular formula is C17H20N2O2. The summed E-state index contributed by atoms with van der Waals surface area (Å²) in [5.74, 6) is 1.87. The Kier molecular flexibility index (Phi) is 5.64. The standard InChI is InChI=1S/C17H20N2O2/c18-17(19)13-14-7-9-16(10-8-14)21-12-4-11-20-15-5-2-1-3-6-15/h1-3,5-10H,4,11-13H2,(H3,18,19). The molecule has 0 heterocycles. The molecule has 0 aliphatic carbocycles. The van der Waals surface area contributed by atoms with Gasteiger partial charge >= 0.3 is 0 Å². The summed E-state index contributed by atoms with van der Waals surface area (Å²) in [5, 5.41) is 7.25. The fourth-order valence-electron chi connectivity index (χ4n) is 1.88. The second-order valence-electron chi connectivity index (χ2n) is 4.71. The van der Waals surface area contributed by atoms with Gasteiger partial charge in [-0.2, -0.15) is 0 Å². The molecule has 0 aliphatic heterocycles. The number of rotatable bonds is 8. The van der Waals surface area contributed by atoms with E-state index >= 15 is 0 Å². The number of ether oxygens (including phenoxy) is 2. The monoisotopic (exact) mass is 284 g/mol. The average Bonchev–Trinajstić information content (AvgIpc) is 2.49. The molecule has 21 heavy (non-hydrogen) atoms. The van der Waals surface area contributed by atoms with Gasteiger partial charge in [-0.05, 0) is 29.8 Å². The molecule has 0 aliphatic rings. The largest absolute Gasteiger partial charge is 0.493 e. The van der Waals surface area contributed by atoms with Crippen LogP contribution < -0.4 is 15.2 Å². The van der Waals surface area contributed by atoms with Gasteiger partial charge in [0.05, 0.1) is 19.0 Å². The zero-order valence-corrected chi connectivity index (χ0v) is 11.9. The molecule has 0 aromatic heterocycles. The van der Waals surface area contributed by atoms with Gasteiger partial charge in [0.15, 0.2) is 0 Å². The molecule has 0 saturated heterocycles. The predicted octanol–water partition coefficient (Wildman–Crippen LogP) is 3.01. The number of para-hydroxylation sites is 1. The highest BCUT2D eigenvalue weighted by Crippen LogP contribution is 2.13. The molecule has 110 valence electrons. The minimum atomic E-state index is 0.168. The van der Waals surface area contributed by atoms with E-state index < -0.39 is 0 Å². The highest BCUT2D eigenvalue weighted by Gasteiger charge is 1.98. The summed E-state index contributed by atoms with van der Waals surface area (Å²) in [4.78, 5) is 0. The van der Waals surface area contributed by atoms with Crippen molar-refractivity contribution in [2.75, 3.05) is 13.2 Å². The number of nitrogens with one attached hydrogen (secondary N) is 1. The second-order valence-corrected chi connectivity index (χ2v) is 4.71. The molecule has 0 atom stereocenters. The van der Waals surface area contributed by atoms with Crippen molar-refractivity contribution in [2.45, 2.75) is 12.8 Å². The Morgan fingerprint density at radius 3 is 2.00 bits per heavy atom. The van der Waals surface area contributed by atoms with Crippen LogP contribution >= 0.6 is 0 Å². The van der Waals surface area contributed by atoms with Crippen LogP contribution in [0.5, 0.6) is 11.5 Å². The van der Waals surface area contributed by atoms with E-state index in [2.05, 4.69) is 0 Å². The molecule has 4 nitrogen and oxygen atoms in total. The minimum Gasteiger partial charge on any atom is -0.493 e. The summed E-state index contributed by atoms with van der Waals surface area (Å²) in [7, 11) is 0. The van der Waals surface area contributed by atoms with Crippen molar-refractivity contribution in [2.24, 2.45) is 5.73 Å². The van der Waals surface area contributed by atoms with E-state index in [0.717, 1.165) is 23.5 Å². The molecule has 2 rings (SSSR count). The van der Waals surface area contributed by atoms with Gasteiger partial charge in [0.25, 0.3) is 0 Å². The lowest BCUT2D eigenvalue weighted by Crippen LogP contribution is -2.12. The van der Waals surface area contributed by atoms with Crippen molar-refractivity contribution in [3.05, 3.63) is 60.2 Å². The summed E-state index contributed by atoms with van der Waals surface area (Å²) in [6.45, 7) is 1.24. The van der Waals surface area contributed by atoms with Crippen molar-refractivity contribution in [1.29, 1.82) is 5.41 Å². The molecular weight excluding hydrogens is 264 g/mol. The number of benzene rings is 2. The first kappa shape index (κ1) is 14.9. The summed E-state index contributed by atoms with van der Waals surface area (Å²) >= 11 is 0. The summed E-state index contributed by atoms with van der Waals surface area (Å²) in [6, 6.07) is 17.4. The van der Waals surface area contributed by atoms with Gasteiger partial charge in [0.2, 0.25) is 0 Å². The van der Waals surface area contributed by atoms with E-state index in [1.54, 1.807) is 0 Å². The molecule has 0 spiro atoms. The third kappa shape index (κ3) is 5.57. The van der Waals surface area contributed by atoms with E-state index in [0.29, 0.717) is 19.6 Å². The Hall–Kier alpha value is -2.49. The van der Waals surface area contributed by atoms with Crippen LogP contribution in [0.3, 0.4) is 0 Å². The molecule has 0 saturated carbocycles. The summed E-state index contributed by atoms with van der Waals surface area (Å²) < 4.78 is 11.2. The molecule has 4 heteroatoms. The van der Waals surface area contributed by atoms with Gasteiger partial charge in [-0.25, -0.2) is 0 Å². The van der Waals surface area contributed by atoms with Crippen molar-refractivity contribution >= 4 is 5.84 Å². The van der Waals surface area contributed by atoms with Crippen LogP contribution in [-0.2, 0) is 6.42 Å². The zero-order chi connectivity index (χ0) is 14.9. The third-order valence-electron chi connectivity index (χ3n) is 2.89. The lowest BCUT2D eigenvalue weighted by Gasteiger charge is -2.08. The second kappa shape index (κ2) is 7.94. The van der Waals surface area contributed by atoms with Crippen molar-refractivity contribution in [1.82, 2.24) is 0 Å². The van der Waals surface area contributed by atoms with E-state index in [1.165, 1.54) is 0 Å². The Labute approximate surface area is 125 Å². The Balaban J connectivity index is 1.65. The normalized spacial score (nSPS) is 10.1. The molecule has 0 radical (unpaired) electrons. The Bertz CT molecular complexity index is 553. The van der Waals surface area contributed by atoms with Gasteiger partial charge < -0.3 is 15.2 Å². The average molecular weight is 284 g/mol. The molecule has 0 amide bonds. The molecule has 2 aromatic carbocycles. The maximum absolute atomic E-state index is 7.25. The van der Waals surface area contributed by atoms with Crippen LogP contribution in [-0.4, -0.2) is 19.0 Å². The quantitative estimate of drug-likeness (QED) is 0.445. The molecule has 0 unspecified atom stereocenters. The van der Waals surface area contributed by atoms with Gasteiger partial charge in [-0.15, -0.1) is 0 Å². The molecule has 0 bridgehead atoms. The highest BCUT2D eigenvalue weighted by atomic mass is 16.5. The van der Waals surface area contributed by atoms with E-state index in [-0.39, 0.29) is 5.84 Å². The molecule has 2 aromatic rings. The summed E-state index contributed by atoms with van der Waals surface area (Å²) in [5.41, 5.74) is 6.38. The number of hydrogen-bond acceptors (Lipinski definition) is 3. The van der Waals surface area contributed by atoms with E-state index in [9.17, 15) is 0 Å². The Morgan fingerprint density at radius 2 is 1.43 bits per heavy atom. The van der Waals surface area contributed by atoms with E-state index in [1.807, 2.05) is 54.6 Å². The third-order valence-corrected chi connectivity index (χ3v) is 2.89. The smallest absolute Gasteiger partial charge is 0.119 e. The fourth-order valence-corrected chi connectivity index (χ4v) is 1.88. The van der Waals surface area contributed by atoms with Gasteiger partial charge in [0.1, 0.15) is 11.5 Å². The van der Waals surface area contributed by atoms with Crippen LogP contribution in [0.1, 0.15) is 12.0 Å². The lowest BCUT2D eigenvalue weighted by molar-refractivity contribution is 0.247. The minimum absolute atomic E-state index is 0.168. The van der Waals surface area contributed by atoms with Crippen LogP contribution in [0.25, 0.3) is 0 Å². The molecule has 0 fully saturated rings. The lowest BCUT2D eigenvalue weighted by atomic mass is 10.1. The maximum atomic E-state index is 7.25. The number of nitrogens with two attached hydrogens (primary N) is 1. The first-order valence-electron chi connectivity index (χ1n) is 6.96. The van der Waals surface area contributed by atoms with Crippen molar-refractivity contribution in [3.63, 3.8) is 0 Å². The zero-order valence-electron chi connectivity index (χ0n) is 11.9. The number of amidine groups is 1. The van der Waals surface area contributed by atoms with Crippen molar-refractivity contribution in [3.8, 4) is 11.5 Å². The summed E-state index contributed by atoms with van der Waals surface area (Å²) in [6.07, 6.45) is 1.30. The van der Waals surface area contributed by atoms with Gasteiger partial charge in [-0.1, -0.05) is 30.3 Å². The number of hydrogen-bond donors (Lipinski definition) is 2. The maximum Gasteiger partial charge on any atom is 0.119 e. The first-order chi connectivity index (χ1) is 10.2. The SMILES string of the molecule is N=C(N)Cc1ccc(OCCCOc2ccccc2)cc1. The predicted molar refractivity (Wildman–Crippen MR) is 84.1 cm³/mol. The highest BCUT2D eigenvalue weighted by molar-refractivity contribution is 5.79. The van der Waals surface area contributed by atoms with Crippen LogP contribution in [0.15, 0.2) is 54.6 Å². The van der Waals surface area contributed by atoms with Crippen molar-refractivity contribution < 1.29 is 9.47 Å². The van der Waals surface area contributed by atoms with Crippen LogP contribution in [0, 0.1) is 5.41 Å². The Morgan fingerprint density at radius 1 is 0.857 bits per heavy atom. The first-order valence-corrected chi connectivity index (χ1v) is 6.96. The topological polar surface area (TPSA) is 68.3 Å². The van der Waals surface area contributed by atoms with Crippen LogP contribution in [0.4, 0.5) is 0 Å². The van der Waals surface area contributed by atoms with Crippen LogP contribution in [0.2, 0.25) is 0 Å².